The number of carbonyl (C=O) groups excluding carboxylic acids is 1. The maximum atomic E-state index is 12.7. The van der Waals surface area contributed by atoms with Crippen molar-refractivity contribution in [1.29, 1.82) is 0 Å². The molecule has 0 heterocycles. The Morgan fingerprint density at radius 2 is 0.881 bits per heavy atom. The molecular formula is C50H99NO7P+. The second-order valence-corrected chi connectivity index (χ2v) is 19.6. The molecule has 0 radical (unpaired) electrons. The van der Waals surface area contributed by atoms with E-state index in [9.17, 15) is 14.3 Å². The first-order valence-corrected chi connectivity index (χ1v) is 26.6. The van der Waals surface area contributed by atoms with E-state index in [0.29, 0.717) is 24.1 Å². The third-order valence-electron chi connectivity index (χ3n) is 11.0. The molecule has 0 saturated carbocycles. The Morgan fingerprint density at radius 3 is 1.29 bits per heavy atom. The van der Waals surface area contributed by atoms with Gasteiger partial charge in [0.2, 0.25) is 0 Å². The van der Waals surface area contributed by atoms with Gasteiger partial charge < -0.3 is 18.9 Å². The summed E-state index contributed by atoms with van der Waals surface area (Å²) in [5.74, 6) is -0.315. The van der Waals surface area contributed by atoms with E-state index in [2.05, 4.69) is 38.2 Å². The third kappa shape index (κ3) is 47.9. The lowest BCUT2D eigenvalue weighted by atomic mass is 10.1. The number of carbonyl (C=O) groups is 1. The van der Waals surface area contributed by atoms with Crippen molar-refractivity contribution in [2.24, 2.45) is 0 Å². The molecule has 1 N–H and O–H groups in total. The van der Waals surface area contributed by atoms with Crippen molar-refractivity contribution in [2.45, 2.75) is 238 Å². The first-order chi connectivity index (χ1) is 28.6. The Labute approximate surface area is 366 Å². The summed E-state index contributed by atoms with van der Waals surface area (Å²) in [6.07, 6.45) is 50.7. The SMILES string of the molecule is CCCCCCCC/C=C\CCCCCCCCOCC(COP(=O)(O)OCC[N+](C)(C)C)OC(=O)CCCCCCCCCCC/C=C\CCCCCCCCCC. The molecule has 0 spiro atoms. The molecular weight excluding hydrogens is 758 g/mol. The summed E-state index contributed by atoms with van der Waals surface area (Å²) in [4.78, 5) is 23.0. The molecule has 59 heavy (non-hydrogen) atoms. The van der Waals surface area contributed by atoms with Gasteiger partial charge in [-0.1, -0.05) is 186 Å². The number of esters is 1. The number of quaternary nitrogens is 1. The first-order valence-electron chi connectivity index (χ1n) is 25.1. The Bertz CT molecular complexity index is 998. The van der Waals surface area contributed by atoms with Gasteiger partial charge in [-0.25, -0.2) is 4.57 Å². The summed E-state index contributed by atoms with van der Waals surface area (Å²) in [5.41, 5.74) is 0. The van der Waals surface area contributed by atoms with E-state index >= 15 is 0 Å². The summed E-state index contributed by atoms with van der Waals surface area (Å²) >= 11 is 0. The minimum Gasteiger partial charge on any atom is -0.457 e. The second-order valence-electron chi connectivity index (χ2n) is 18.2. The van der Waals surface area contributed by atoms with E-state index in [1.165, 1.54) is 180 Å². The van der Waals surface area contributed by atoms with Crippen LogP contribution in [0.5, 0.6) is 0 Å². The second kappa shape index (κ2) is 43.6. The van der Waals surface area contributed by atoms with Gasteiger partial charge in [0.05, 0.1) is 34.4 Å². The van der Waals surface area contributed by atoms with Crippen molar-refractivity contribution in [3.8, 4) is 0 Å². The maximum Gasteiger partial charge on any atom is 0.472 e. The van der Waals surface area contributed by atoms with Gasteiger partial charge in [-0.2, -0.15) is 0 Å². The molecule has 0 fully saturated rings. The lowest BCUT2D eigenvalue weighted by Crippen LogP contribution is -2.37. The van der Waals surface area contributed by atoms with E-state index < -0.39 is 13.9 Å². The van der Waals surface area contributed by atoms with Gasteiger partial charge in [0.15, 0.2) is 0 Å². The standard InChI is InChI=1S/C50H98NO7P/c1-6-8-10-12-14-16-18-20-22-24-25-26-27-28-29-31-33-35-37-39-41-43-50(52)58-49(48-57-59(53,54)56-46-44-51(3,4)5)47-55-45-42-40-38-36-34-32-30-23-21-19-17-15-13-11-9-7-2/h21,23-25,49H,6-20,22,26-48H2,1-5H3/p+1/b23-21-,25-24-. The van der Waals surface area contributed by atoms with Crippen LogP contribution in [-0.2, 0) is 27.9 Å². The summed E-state index contributed by atoms with van der Waals surface area (Å²) in [7, 11) is 1.67. The van der Waals surface area contributed by atoms with Crippen LogP contribution in [0.4, 0.5) is 0 Å². The summed E-state index contributed by atoms with van der Waals surface area (Å²) in [6.45, 7) is 5.64. The van der Waals surface area contributed by atoms with E-state index in [1.54, 1.807) is 0 Å². The van der Waals surface area contributed by atoms with E-state index in [0.717, 1.165) is 32.1 Å². The van der Waals surface area contributed by atoms with E-state index in [-0.39, 0.29) is 25.8 Å². The monoisotopic (exact) mass is 857 g/mol. The number of phosphoric acid groups is 1. The zero-order valence-electron chi connectivity index (χ0n) is 39.8. The van der Waals surface area contributed by atoms with Crippen LogP contribution in [0.3, 0.4) is 0 Å². The number of unbranched alkanes of at least 4 members (excludes halogenated alkanes) is 29. The van der Waals surface area contributed by atoms with Crippen LogP contribution < -0.4 is 0 Å². The van der Waals surface area contributed by atoms with Crippen molar-refractivity contribution in [2.75, 3.05) is 54.1 Å². The molecule has 0 saturated heterocycles. The molecule has 9 heteroatoms. The molecule has 0 aromatic carbocycles. The molecule has 0 aliphatic rings. The number of phosphoric ester groups is 1. The molecule has 2 unspecified atom stereocenters. The lowest BCUT2D eigenvalue weighted by Gasteiger charge is -2.24. The van der Waals surface area contributed by atoms with Crippen molar-refractivity contribution >= 4 is 13.8 Å². The number of hydrogen-bond acceptors (Lipinski definition) is 6. The minimum atomic E-state index is -4.28. The fourth-order valence-corrected chi connectivity index (χ4v) is 7.81. The summed E-state index contributed by atoms with van der Waals surface area (Å²) in [6, 6.07) is 0. The van der Waals surface area contributed by atoms with E-state index in [1.807, 2.05) is 21.1 Å². The average Bonchev–Trinajstić information content (AvgIpc) is 3.19. The predicted molar refractivity (Wildman–Crippen MR) is 252 cm³/mol. The van der Waals surface area contributed by atoms with Crippen molar-refractivity contribution in [3.05, 3.63) is 24.3 Å². The Kier molecular flexibility index (Phi) is 42.9. The van der Waals surface area contributed by atoms with Crippen LogP contribution >= 0.6 is 7.82 Å². The summed E-state index contributed by atoms with van der Waals surface area (Å²) < 4.78 is 35.1. The molecule has 0 aromatic heterocycles. The number of ether oxygens (including phenoxy) is 2. The highest BCUT2D eigenvalue weighted by Crippen LogP contribution is 2.43. The smallest absolute Gasteiger partial charge is 0.457 e. The molecule has 350 valence electrons. The molecule has 0 aliphatic heterocycles. The van der Waals surface area contributed by atoms with Crippen LogP contribution in [0.1, 0.15) is 232 Å². The van der Waals surface area contributed by atoms with Gasteiger partial charge >= 0.3 is 13.8 Å². The minimum absolute atomic E-state index is 0.0886. The number of nitrogens with zero attached hydrogens (tertiary/aromatic N) is 1. The Morgan fingerprint density at radius 1 is 0.508 bits per heavy atom. The van der Waals surface area contributed by atoms with Crippen molar-refractivity contribution in [1.82, 2.24) is 0 Å². The highest BCUT2D eigenvalue weighted by atomic mass is 31.2. The van der Waals surface area contributed by atoms with Crippen LogP contribution in [0.2, 0.25) is 0 Å². The van der Waals surface area contributed by atoms with Gasteiger partial charge in [-0.05, 0) is 64.2 Å². The highest BCUT2D eigenvalue weighted by molar-refractivity contribution is 7.47. The van der Waals surface area contributed by atoms with E-state index in [4.69, 9.17) is 18.5 Å². The van der Waals surface area contributed by atoms with Crippen molar-refractivity contribution in [3.63, 3.8) is 0 Å². The van der Waals surface area contributed by atoms with Gasteiger partial charge in [0.1, 0.15) is 19.3 Å². The van der Waals surface area contributed by atoms with Gasteiger partial charge in [-0.3, -0.25) is 13.8 Å². The Hall–Kier alpha value is -1.02. The van der Waals surface area contributed by atoms with Crippen LogP contribution in [-0.4, -0.2) is 75.6 Å². The molecule has 0 amide bonds. The molecule has 0 aromatic rings. The number of allylic oxidation sites excluding steroid dienone is 4. The van der Waals surface area contributed by atoms with Crippen LogP contribution in [0.15, 0.2) is 24.3 Å². The Balaban J connectivity index is 4.14. The normalized spacial score (nSPS) is 13.8. The quantitative estimate of drug-likeness (QED) is 0.0214. The van der Waals surface area contributed by atoms with Gasteiger partial charge in [0.25, 0.3) is 0 Å². The zero-order chi connectivity index (χ0) is 43.4. The highest BCUT2D eigenvalue weighted by Gasteiger charge is 2.26. The number of likely N-dealkylation sites (N-methyl/N-ethyl adjacent to an activating group) is 1. The fraction of sp³-hybridized carbons (Fsp3) is 0.900. The zero-order valence-corrected chi connectivity index (χ0v) is 40.6. The van der Waals surface area contributed by atoms with Crippen LogP contribution in [0.25, 0.3) is 0 Å². The van der Waals surface area contributed by atoms with Crippen LogP contribution in [0, 0.1) is 0 Å². The molecule has 8 nitrogen and oxygen atoms in total. The summed E-state index contributed by atoms with van der Waals surface area (Å²) in [5, 5.41) is 0. The predicted octanol–water partition coefficient (Wildman–Crippen LogP) is 15.2. The van der Waals surface area contributed by atoms with Gasteiger partial charge in [0, 0.05) is 13.0 Å². The largest absolute Gasteiger partial charge is 0.472 e. The number of hydrogen-bond donors (Lipinski definition) is 1. The maximum absolute atomic E-state index is 12.7. The number of rotatable bonds is 47. The van der Waals surface area contributed by atoms with Crippen molar-refractivity contribution < 1.29 is 37.3 Å². The molecule has 2 atom stereocenters. The lowest BCUT2D eigenvalue weighted by molar-refractivity contribution is -0.870. The topological polar surface area (TPSA) is 91.3 Å². The fourth-order valence-electron chi connectivity index (χ4n) is 7.07. The molecule has 0 bridgehead atoms. The third-order valence-corrected chi connectivity index (χ3v) is 12.0. The molecule has 0 aliphatic carbocycles. The molecule has 0 rings (SSSR count). The first kappa shape index (κ1) is 58.0. The van der Waals surface area contributed by atoms with Gasteiger partial charge in [-0.15, -0.1) is 0 Å². The average molecular weight is 857 g/mol.